The maximum absolute atomic E-state index is 16.9. The Labute approximate surface area is 268 Å². The Kier molecular flexibility index (Phi) is 7.85. The summed E-state index contributed by atoms with van der Waals surface area (Å²) in [6.07, 6.45) is -5.49. The van der Waals surface area contributed by atoms with Crippen LogP contribution in [0.3, 0.4) is 0 Å². The molecule has 3 saturated heterocycles. The fourth-order valence-corrected chi connectivity index (χ4v) is 8.07. The van der Waals surface area contributed by atoms with Crippen molar-refractivity contribution in [2.45, 2.75) is 43.3 Å². The summed E-state index contributed by atoms with van der Waals surface area (Å²) in [5, 5.41) is 19.5. The highest BCUT2D eigenvalue weighted by molar-refractivity contribution is 7.23. The SMILES string of the molecule is N#Cc1c(N)sc2c(F)ccc(-c3c(C(F)(F)F)cc4c(N5CCOCC(O)C5)nc(OCC56CCCN5CC(F)C6)nc4c3F)c12. The Morgan fingerprint density at radius 1 is 1.21 bits per heavy atom. The monoisotopic (exact) mass is 678 g/mol. The molecule has 47 heavy (non-hydrogen) atoms. The van der Waals surface area contributed by atoms with Gasteiger partial charge in [-0.1, -0.05) is 6.07 Å². The topological polar surface area (TPSA) is 121 Å². The predicted octanol–water partition coefficient (Wildman–Crippen LogP) is 5.42. The molecule has 3 atom stereocenters. The van der Waals surface area contributed by atoms with E-state index in [1.54, 1.807) is 6.07 Å². The number of aliphatic hydroxyl groups is 1. The number of aliphatic hydroxyl groups excluding tert-OH is 1. The summed E-state index contributed by atoms with van der Waals surface area (Å²) in [5.74, 6) is -2.36. The van der Waals surface area contributed by atoms with Crippen molar-refractivity contribution >= 4 is 43.1 Å². The zero-order valence-corrected chi connectivity index (χ0v) is 25.5. The Bertz CT molecular complexity index is 1930. The minimum absolute atomic E-state index is 0.0243. The molecule has 9 nitrogen and oxygen atoms in total. The van der Waals surface area contributed by atoms with Crippen LogP contribution in [0.4, 0.5) is 37.2 Å². The van der Waals surface area contributed by atoms with E-state index in [1.807, 2.05) is 4.90 Å². The Morgan fingerprint density at radius 3 is 2.79 bits per heavy atom. The number of nitriles is 1. The fourth-order valence-electron chi connectivity index (χ4n) is 7.12. The minimum atomic E-state index is -5.12. The Balaban J connectivity index is 1.46. The lowest BCUT2D eigenvalue weighted by atomic mass is 9.92. The molecule has 0 aliphatic carbocycles. The number of aromatic nitrogens is 2. The number of halogens is 6. The van der Waals surface area contributed by atoms with Crippen LogP contribution < -0.4 is 15.4 Å². The number of fused-ring (bicyclic) bond motifs is 3. The summed E-state index contributed by atoms with van der Waals surface area (Å²) in [6, 6.07) is 4.04. The second-order valence-electron chi connectivity index (χ2n) is 12.1. The van der Waals surface area contributed by atoms with E-state index in [0.717, 1.165) is 18.6 Å². The van der Waals surface area contributed by atoms with Crippen molar-refractivity contribution in [1.29, 1.82) is 5.26 Å². The van der Waals surface area contributed by atoms with Gasteiger partial charge in [0.25, 0.3) is 0 Å². The van der Waals surface area contributed by atoms with Crippen LogP contribution in [0, 0.1) is 23.0 Å². The molecular formula is C31H28F6N6O3S. The van der Waals surface area contributed by atoms with E-state index in [1.165, 1.54) is 4.90 Å². The van der Waals surface area contributed by atoms with Gasteiger partial charge < -0.3 is 25.2 Å². The van der Waals surface area contributed by atoms with E-state index >= 15 is 4.39 Å². The number of nitrogens with two attached hydrogens (primary N) is 1. The van der Waals surface area contributed by atoms with Crippen LogP contribution >= 0.6 is 11.3 Å². The lowest BCUT2D eigenvalue weighted by molar-refractivity contribution is -0.137. The molecule has 3 aliphatic rings. The first kappa shape index (κ1) is 31.7. The normalized spacial score (nSPS) is 23.7. The molecule has 4 aromatic rings. The number of hydrogen-bond donors (Lipinski definition) is 2. The molecule has 3 aliphatic heterocycles. The van der Waals surface area contributed by atoms with Gasteiger partial charge in [0.15, 0.2) is 5.82 Å². The molecule has 0 spiro atoms. The largest absolute Gasteiger partial charge is 0.461 e. The second kappa shape index (κ2) is 11.7. The summed E-state index contributed by atoms with van der Waals surface area (Å²) in [5.41, 5.74) is 1.75. The summed E-state index contributed by atoms with van der Waals surface area (Å²) in [4.78, 5) is 12.1. The van der Waals surface area contributed by atoms with Gasteiger partial charge in [-0.15, -0.1) is 11.3 Å². The van der Waals surface area contributed by atoms with Gasteiger partial charge in [0.1, 0.15) is 41.0 Å². The molecule has 3 N–H and O–H groups in total. The number of hydrogen-bond acceptors (Lipinski definition) is 10. The lowest BCUT2D eigenvalue weighted by Gasteiger charge is -2.31. The third-order valence-corrected chi connectivity index (χ3v) is 10.2. The van der Waals surface area contributed by atoms with Gasteiger partial charge in [-0.25, -0.2) is 13.2 Å². The lowest BCUT2D eigenvalue weighted by Crippen LogP contribution is -2.43. The molecule has 2 aromatic heterocycles. The van der Waals surface area contributed by atoms with Crippen LogP contribution in [0.1, 0.15) is 30.4 Å². The summed E-state index contributed by atoms with van der Waals surface area (Å²) < 4.78 is 102. The third kappa shape index (κ3) is 5.38. The van der Waals surface area contributed by atoms with Crippen molar-refractivity contribution in [3.05, 3.63) is 41.0 Å². The van der Waals surface area contributed by atoms with Crippen molar-refractivity contribution in [2.24, 2.45) is 0 Å². The average molecular weight is 679 g/mol. The molecular weight excluding hydrogens is 650 g/mol. The second-order valence-corrected chi connectivity index (χ2v) is 13.2. The molecule has 16 heteroatoms. The number of nitrogens with zero attached hydrogens (tertiary/aromatic N) is 5. The van der Waals surface area contributed by atoms with E-state index in [0.29, 0.717) is 30.4 Å². The highest BCUT2D eigenvalue weighted by Gasteiger charge is 2.49. The molecule has 0 radical (unpaired) electrons. The van der Waals surface area contributed by atoms with E-state index in [4.69, 9.17) is 15.2 Å². The van der Waals surface area contributed by atoms with Gasteiger partial charge in [0.2, 0.25) is 0 Å². The van der Waals surface area contributed by atoms with Gasteiger partial charge in [-0.05, 0) is 37.1 Å². The van der Waals surface area contributed by atoms with Crippen molar-refractivity contribution in [2.75, 3.05) is 56.6 Å². The zero-order chi connectivity index (χ0) is 33.2. The number of anilines is 2. The van der Waals surface area contributed by atoms with E-state index < -0.39 is 52.3 Å². The molecule has 7 rings (SSSR count). The average Bonchev–Trinajstić information content (AvgIpc) is 3.60. The summed E-state index contributed by atoms with van der Waals surface area (Å²) >= 11 is 0.671. The van der Waals surface area contributed by atoms with Gasteiger partial charge in [0, 0.05) is 42.4 Å². The van der Waals surface area contributed by atoms with Crippen LogP contribution in [0.25, 0.3) is 32.1 Å². The minimum Gasteiger partial charge on any atom is -0.461 e. The number of β-amino-alcohol motifs (C(OH)–C–C–N with tert-alkyl or cyclic N) is 1. The highest BCUT2D eigenvalue weighted by Crippen LogP contribution is 2.48. The van der Waals surface area contributed by atoms with Gasteiger partial charge >= 0.3 is 12.2 Å². The maximum atomic E-state index is 16.9. The highest BCUT2D eigenvalue weighted by atomic mass is 32.1. The summed E-state index contributed by atoms with van der Waals surface area (Å²) in [6.45, 7) is 0.998. The van der Waals surface area contributed by atoms with Crippen LogP contribution in [0.2, 0.25) is 0 Å². The van der Waals surface area contributed by atoms with Crippen LogP contribution in [-0.4, -0.2) is 83.8 Å². The molecule has 0 saturated carbocycles. The van der Waals surface area contributed by atoms with Crippen molar-refractivity contribution in [3.8, 4) is 23.2 Å². The van der Waals surface area contributed by atoms with Crippen molar-refractivity contribution in [3.63, 3.8) is 0 Å². The first-order valence-corrected chi connectivity index (χ1v) is 15.8. The number of rotatable bonds is 5. The van der Waals surface area contributed by atoms with Crippen LogP contribution in [0.15, 0.2) is 18.2 Å². The predicted molar refractivity (Wildman–Crippen MR) is 162 cm³/mol. The quantitative estimate of drug-likeness (QED) is 0.267. The number of thiophene rings is 1. The van der Waals surface area contributed by atoms with E-state index in [2.05, 4.69) is 9.97 Å². The zero-order valence-electron chi connectivity index (χ0n) is 24.7. The summed E-state index contributed by atoms with van der Waals surface area (Å²) in [7, 11) is 0. The van der Waals surface area contributed by atoms with Crippen molar-refractivity contribution in [1.82, 2.24) is 14.9 Å². The maximum Gasteiger partial charge on any atom is 0.417 e. The number of ether oxygens (including phenoxy) is 2. The van der Waals surface area contributed by atoms with Crippen LogP contribution in [0.5, 0.6) is 6.01 Å². The first-order valence-electron chi connectivity index (χ1n) is 15.0. The third-order valence-electron chi connectivity index (χ3n) is 9.17. The molecule has 2 aromatic carbocycles. The molecule has 3 fully saturated rings. The van der Waals surface area contributed by atoms with Gasteiger partial charge in [0.05, 0.1) is 40.7 Å². The molecule has 0 amide bonds. The number of nitrogen functional groups attached to an aromatic ring is 1. The molecule has 248 valence electrons. The molecule has 5 heterocycles. The van der Waals surface area contributed by atoms with E-state index in [-0.39, 0.29) is 89.3 Å². The molecule has 0 bridgehead atoms. The Morgan fingerprint density at radius 2 is 2.02 bits per heavy atom. The van der Waals surface area contributed by atoms with E-state index in [9.17, 15) is 32.3 Å². The standard InChI is InChI=1S/C31H28F6N6O3S/c32-15-9-30(4-1-5-43(30)11-15)14-46-29-40-25-18(28(41-29)42-6-7-45-13-16(44)12-42)8-20(31(35,36)37)23(24(25)34)17-2-3-21(33)26-22(17)19(10-38)27(39)47-26/h2-3,8,15-16,44H,1,4-7,9,11-14,39H2. The van der Waals surface area contributed by atoms with Crippen molar-refractivity contribution < 1.29 is 40.9 Å². The Hall–Kier alpha value is -3.91. The fraction of sp³-hybridized carbons (Fsp3) is 0.452. The van der Waals surface area contributed by atoms with Crippen LogP contribution in [-0.2, 0) is 10.9 Å². The smallest absolute Gasteiger partial charge is 0.417 e. The number of alkyl halides is 4. The number of benzene rings is 2. The molecule has 3 unspecified atom stereocenters. The van der Waals surface area contributed by atoms with Gasteiger partial charge in [-0.3, -0.25) is 4.90 Å². The van der Waals surface area contributed by atoms with Gasteiger partial charge in [-0.2, -0.15) is 28.4 Å². The first-order chi connectivity index (χ1) is 22.4.